The number of hydrogen-bond donors (Lipinski definition) is 0. The van der Waals surface area contributed by atoms with Gasteiger partial charge in [0, 0.05) is 11.1 Å². The molecular weight excluding hydrogens is 437 g/mol. The van der Waals surface area contributed by atoms with Crippen molar-refractivity contribution in [2.24, 2.45) is 0 Å². The summed E-state index contributed by atoms with van der Waals surface area (Å²) in [5.74, 6) is -0.764. The lowest BCUT2D eigenvalue weighted by atomic mass is 9.94. The first kappa shape index (κ1) is 20.1. The quantitative estimate of drug-likeness (QED) is 0.563. The van der Waals surface area contributed by atoms with Gasteiger partial charge in [-0.15, -0.1) is 0 Å². The lowest BCUT2D eigenvalue weighted by Crippen LogP contribution is -2.39. The van der Waals surface area contributed by atoms with Crippen LogP contribution in [0, 0.1) is 5.82 Å². The number of para-hydroxylation sites is 1. The van der Waals surface area contributed by atoms with Crippen LogP contribution in [0.3, 0.4) is 0 Å². The number of esters is 1. The van der Waals surface area contributed by atoms with Crippen LogP contribution in [-0.4, -0.2) is 28.3 Å². The van der Waals surface area contributed by atoms with E-state index in [0.717, 1.165) is 13.2 Å². The molecule has 5 rings (SSSR count). The molecule has 3 aromatic carbocycles. The second-order valence-electron chi connectivity index (χ2n) is 7.00. The number of ether oxygens (including phenoxy) is 3. The minimum absolute atomic E-state index is 0.0496. The number of hydrogen-bond acceptors (Lipinski definition) is 6. The van der Waals surface area contributed by atoms with Crippen molar-refractivity contribution in [1.82, 2.24) is 0 Å². The SMILES string of the molecule is COC(=O)C1=C(c2ccc3c(c2)OCO3)c2ccccc2S(=O)(=O)N1c1ccccc1F. The number of benzene rings is 3. The van der Waals surface area contributed by atoms with Gasteiger partial charge in [-0.1, -0.05) is 36.4 Å². The standard InChI is InChI=1S/C23H16FNO6S/c1-29-23(26)22-21(14-10-11-18-19(12-14)31-13-30-18)15-6-2-5-9-20(15)32(27,28)25(22)17-8-4-3-7-16(17)24/h2-12H,13H2,1H3. The predicted molar refractivity (Wildman–Crippen MR) is 113 cm³/mol. The third-order valence-corrected chi connectivity index (χ3v) is 7.00. The molecule has 2 aliphatic heterocycles. The van der Waals surface area contributed by atoms with Crippen LogP contribution in [0.1, 0.15) is 11.1 Å². The Balaban J connectivity index is 1.90. The van der Waals surface area contributed by atoms with E-state index in [4.69, 9.17) is 14.2 Å². The smallest absolute Gasteiger partial charge is 0.356 e. The first-order valence-corrected chi connectivity index (χ1v) is 11.0. The molecule has 0 radical (unpaired) electrons. The molecule has 2 heterocycles. The van der Waals surface area contributed by atoms with E-state index < -0.39 is 21.8 Å². The van der Waals surface area contributed by atoms with Crippen LogP contribution in [-0.2, 0) is 19.6 Å². The molecule has 9 heteroatoms. The highest BCUT2D eigenvalue weighted by Crippen LogP contribution is 2.45. The van der Waals surface area contributed by atoms with Crippen molar-refractivity contribution in [2.45, 2.75) is 4.90 Å². The number of halogens is 1. The zero-order valence-corrected chi connectivity index (χ0v) is 17.6. The van der Waals surface area contributed by atoms with Gasteiger partial charge in [0.25, 0.3) is 10.0 Å². The fraction of sp³-hybridized carbons (Fsp3) is 0.0870. The average Bonchev–Trinajstić information content (AvgIpc) is 3.27. The number of anilines is 1. The van der Waals surface area contributed by atoms with Crippen molar-refractivity contribution in [1.29, 1.82) is 0 Å². The van der Waals surface area contributed by atoms with E-state index in [1.54, 1.807) is 36.4 Å². The lowest BCUT2D eigenvalue weighted by Gasteiger charge is -2.33. The van der Waals surface area contributed by atoms with Gasteiger partial charge in [-0.05, 0) is 35.9 Å². The lowest BCUT2D eigenvalue weighted by molar-refractivity contribution is -0.136. The first-order chi connectivity index (χ1) is 15.4. The van der Waals surface area contributed by atoms with Gasteiger partial charge in [-0.2, -0.15) is 0 Å². The molecule has 0 saturated carbocycles. The molecule has 162 valence electrons. The number of carbonyl (C=O) groups excluding carboxylic acids is 1. The second-order valence-corrected chi connectivity index (χ2v) is 8.76. The molecular formula is C23H16FNO6S. The highest BCUT2D eigenvalue weighted by molar-refractivity contribution is 7.93. The summed E-state index contributed by atoms with van der Waals surface area (Å²) < 4.78 is 58.6. The van der Waals surface area contributed by atoms with E-state index in [0.29, 0.717) is 26.9 Å². The Hall–Kier alpha value is -3.85. The van der Waals surface area contributed by atoms with Gasteiger partial charge in [0.2, 0.25) is 6.79 Å². The first-order valence-electron chi connectivity index (χ1n) is 9.55. The van der Waals surface area contributed by atoms with Crippen LogP contribution in [0.15, 0.2) is 77.3 Å². The van der Waals surface area contributed by atoms with Crippen molar-refractivity contribution < 1.29 is 31.8 Å². The fourth-order valence-corrected chi connectivity index (χ4v) is 5.55. The maximum Gasteiger partial charge on any atom is 0.356 e. The molecule has 0 N–H and O–H groups in total. The Labute approximate surface area is 183 Å². The molecule has 0 aliphatic carbocycles. The Bertz CT molecular complexity index is 1400. The van der Waals surface area contributed by atoms with Gasteiger partial charge >= 0.3 is 5.97 Å². The molecule has 32 heavy (non-hydrogen) atoms. The topological polar surface area (TPSA) is 82.1 Å². The normalized spacial score (nSPS) is 16.0. The van der Waals surface area contributed by atoms with E-state index in [1.807, 2.05) is 0 Å². The van der Waals surface area contributed by atoms with Crippen molar-refractivity contribution >= 4 is 27.3 Å². The van der Waals surface area contributed by atoms with E-state index >= 15 is 0 Å². The Morgan fingerprint density at radius 3 is 2.50 bits per heavy atom. The van der Waals surface area contributed by atoms with Crippen LogP contribution in [0.2, 0.25) is 0 Å². The molecule has 0 bridgehead atoms. The van der Waals surface area contributed by atoms with Crippen molar-refractivity contribution in [3.63, 3.8) is 0 Å². The maximum absolute atomic E-state index is 14.8. The molecule has 0 amide bonds. The van der Waals surface area contributed by atoms with Gasteiger partial charge in [0.1, 0.15) is 5.82 Å². The highest BCUT2D eigenvalue weighted by Gasteiger charge is 2.42. The van der Waals surface area contributed by atoms with Crippen LogP contribution in [0.5, 0.6) is 11.5 Å². The summed E-state index contributed by atoms with van der Waals surface area (Å²) in [4.78, 5) is 12.9. The molecule has 0 fully saturated rings. The highest BCUT2D eigenvalue weighted by atomic mass is 32.2. The van der Waals surface area contributed by atoms with Gasteiger partial charge in [0.15, 0.2) is 17.2 Å². The van der Waals surface area contributed by atoms with Crippen molar-refractivity contribution in [3.8, 4) is 11.5 Å². The molecule has 0 unspecified atom stereocenters. The van der Waals surface area contributed by atoms with E-state index in [-0.39, 0.29) is 28.6 Å². The van der Waals surface area contributed by atoms with E-state index in [1.165, 1.54) is 24.3 Å². The minimum Gasteiger partial charge on any atom is -0.464 e. The number of sulfonamides is 1. The summed E-state index contributed by atoms with van der Waals surface area (Å²) in [6, 6.07) is 16.6. The largest absolute Gasteiger partial charge is 0.464 e. The Morgan fingerprint density at radius 1 is 1.00 bits per heavy atom. The summed E-state index contributed by atoms with van der Waals surface area (Å²) in [5.41, 5.74) is 0.428. The van der Waals surface area contributed by atoms with Crippen molar-refractivity contribution in [3.05, 3.63) is 89.4 Å². The zero-order chi connectivity index (χ0) is 22.5. The predicted octanol–water partition coefficient (Wildman–Crippen LogP) is 3.70. The summed E-state index contributed by atoms with van der Waals surface area (Å²) in [6.07, 6.45) is 0. The molecule has 0 saturated heterocycles. The van der Waals surface area contributed by atoms with Crippen LogP contribution >= 0.6 is 0 Å². The number of fused-ring (bicyclic) bond motifs is 2. The maximum atomic E-state index is 14.8. The Kier molecular flexibility index (Phi) is 4.63. The second kappa shape index (κ2) is 7.38. The summed E-state index contributed by atoms with van der Waals surface area (Å²) in [5, 5.41) is 0. The summed E-state index contributed by atoms with van der Waals surface area (Å²) >= 11 is 0. The van der Waals surface area contributed by atoms with Crippen LogP contribution in [0.25, 0.3) is 5.57 Å². The molecule has 7 nitrogen and oxygen atoms in total. The zero-order valence-electron chi connectivity index (χ0n) is 16.7. The summed E-state index contributed by atoms with van der Waals surface area (Å²) in [6.45, 7) is 0.0496. The summed E-state index contributed by atoms with van der Waals surface area (Å²) in [7, 11) is -3.20. The molecule has 0 aromatic heterocycles. The van der Waals surface area contributed by atoms with Gasteiger partial charge < -0.3 is 14.2 Å². The van der Waals surface area contributed by atoms with Gasteiger partial charge in [-0.3, -0.25) is 0 Å². The number of rotatable bonds is 3. The third-order valence-electron chi connectivity index (χ3n) is 5.23. The van der Waals surface area contributed by atoms with Crippen LogP contribution in [0.4, 0.5) is 10.1 Å². The van der Waals surface area contributed by atoms with Crippen molar-refractivity contribution in [2.75, 3.05) is 18.2 Å². The monoisotopic (exact) mass is 453 g/mol. The fourth-order valence-electron chi connectivity index (χ4n) is 3.84. The van der Waals surface area contributed by atoms with Gasteiger partial charge in [0.05, 0.1) is 17.7 Å². The molecule has 0 atom stereocenters. The number of methoxy groups -OCH3 is 1. The molecule has 0 spiro atoms. The Morgan fingerprint density at radius 2 is 1.72 bits per heavy atom. The molecule has 3 aromatic rings. The number of nitrogens with zero attached hydrogens (tertiary/aromatic N) is 1. The average molecular weight is 453 g/mol. The minimum atomic E-state index is -4.34. The van der Waals surface area contributed by atoms with E-state index in [9.17, 15) is 17.6 Å². The molecule has 2 aliphatic rings. The van der Waals surface area contributed by atoms with E-state index in [2.05, 4.69) is 0 Å². The number of carbonyl (C=O) groups is 1. The third kappa shape index (κ3) is 2.93. The van der Waals surface area contributed by atoms with Crippen LogP contribution < -0.4 is 13.8 Å². The van der Waals surface area contributed by atoms with Gasteiger partial charge in [-0.25, -0.2) is 21.9 Å².